The molecule has 1 atom stereocenters. The first kappa shape index (κ1) is 16.5. The number of rotatable bonds is 6. The standard InChI is InChI=1S/C19H18N2O2/c20-14-16-6-4-5-15(13-16)9-10-19(23)21-12-11-18(22)17-7-2-1-3-8-17/h1-10,13,18,22H,11-12H2,(H,21,23). The van der Waals surface area contributed by atoms with Crippen LogP contribution in [0, 0.1) is 11.3 Å². The number of nitriles is 1. The molecule has 0 aromatic heterocycles. The molecule has 2 rings (SSSR count). The van der Waals surface area contributed by atoms with Crippen LogP contribution in [0.2, 0.25) is 0 Å². The molecule has 0 saturated carbocycles. The van der Waals surface area contributed by atoms with Gasteiger partial charge in [0.25, 0.3) is 0 Å². The van der Waals surface area contributed by atoms with Crippen LogP contribution in [0.3, 0.4) is 0 Å². The molecule has 0 bridgehead atoms. The number of carbonyl (C=O) groups excluding carboxylic acids is 1. The molecule has 0 saturated heterocycles. The summed E-state index contributed by atoms with van der Waals surface area (Å²) < 4.78 is 0. The highest BCUT2D eigenvalue weighted by molar-refractivity contribution is 5.91. The van der Waals surface area contributed by atoms with Crippen molar-refractivity contribution < 1.29 is 9.90 Å². The molecule has 4 heteroatoms. The third-order valence-corrected chi connectivity index (χ3v) is 3.34. The predicted molar refractivity (Wildman–Crippen MR) is 89.2 cm³/mol. The van der Waals surface area contributed by atoms with Crippen LogP contribution in [0.5, 0.6) is 0 Å². The Morgan fingerprint density at radius 2 is 2.00 bits per heavy atom. The fourth-order valence-electron chi connectivity index (χ4n) is 2.12. The lowest BCUT2D eigenvalue weighted by atomic mass is 10.1. The number of nitrogens with one attached hydrogen (secondary N) is 1. The molecule has 4 nitrogen and oxygen atoms in total. The second-order valence-corrected chi connectivity index (χ2v) is 5.08. The minimum Gasteiger partial charge on any atom is -0.388 e. The average molecular weight is 306 g/mol. The van der Waals surface area contributed by atoms with Crippen molar-refractivity contribution in [2.24, 2.45) is 0 Å². The SMILES string of the molecule is N#Cc1cccc(C=CC(=O)NCCC(O)c2ccccc2)c1. The number of carbonyl (C=O) groups is 1. The number of nitrogens with zero attached hydrogens (tertiary/aromatic N) is 1. The van der Waals surface area contributed by atoms with Crippen LogP contribution >= 0.6 is 0 Å². The van der Waals surface area contributed by atoms with Crippen LogP contribution in [0.15, 0.2) is 60.7 Å². The van der Waals surface area contributed by atoms with E-state index < -0.39 is 6.10 Å². The molecule has 0 aliphatic carbocycles. The monoisotopic (exact) mass is 306 g/mol. The van der Waals surface area contributed by atoms with E-state index in [4.69, 9.17) is 5.26 Å². The molecule has 0 heterocycles. The summed E-state index contributed by atoms with van der Waals surface area (Å²) in [6, 6.07) is 18.4. The van der Waals surface area contributed by atoms with E-state index in [1.54, 1.807) is 24.3 Å². The van der Waals surface area contributed by atoms with Crippen molar-refractivity contribution in [1.82, 2.24) is 5.32 Å². The van der Waals surface area contributed by atoms with Gasteiger partial charge in [-0.3, -0.25) is 4.79 Å². The van der Waals surface area contributed by atoms with Crippen LogP contribution < -0.4 is 5.32 Å². The van der Waals surface area contributed by atoms with Crippen molar-refractivity contribution in [2.75, 3.05) is 6.54 Å². The van der Waals surface area contributed by atoms with Gasteiger partial charge >= 0.3 is 0 Å². The fraction of sp³-hybridized carbons (Fsp3) is 0.158. The number of hydrogen-bond acceptors (Lipinski definition) is 3. The first-order chi connectivity index (χ1) is 11.2. The average Bonchev–Trinajstić information content (AvgIpc) is 2.61. The quantitative estimate of drug-likeness (QED) is 0.806. The van der Waals surface area contributed by atoms with Gasteiger partial charge < -0.3 is 10.4 Å². The van der Waals surface area contributed by atoms with E-state index in [0.29, 0.717) is 18.5 Å². The lowest BCUT2D eigenvalue weighted by Gasteiger charge is -2.10. The Hall–Kier alpha value is -2.90. The molecule has 0 fully saturated rings. The molecular weight excluding hydrogens is 288 g/mol. The Morgan fingerprint density at radius 3 is 2.74 bits per heavy atom. The largest absolute Gasteiger partial charge is 0.388 e. The van der Waals surface area contributed by atoms with Crippen LogP contribution in [0.25, 0.3) is 6.08 Å². The van der Waals surface area contributed by atoms with E-state index in [9.17, 15) is 9.90 Å². The van der Waals surface area contributed by atoms with Gasteiger partial charge in [0, 0.05) is 12.6 Å². The molecule has 23 heavy (non-hydrogen) atoms. The second-order valence-electron chi connectivity index (χ2n) is 5.08. The minimum atomic E-state index is -0.590. The zero-order valence-corrected chi connectivity index (χ0v) is 12.6. The van der Waals surface area contributed by atoms with Crippen LogP contribution in [0.4, 0.5) is 0 Å². The summed E-state index contributed by atoms with van der Waals surface area (Å²) in [5.74, 6) is -0.229. The van der Waals surface area contributed by atoms with Gasteiger partial charge in [0.05, 0.1) is 17.7 Å². The Balaban J connectivity index is 1.79. The summed E-state index contributed by atoms with van der Waals surface area (Å²) >= 11 is 0. The van der Waals surface area contributed by atoms with Crippen LogP contribution in [-0.4, -0.2) is 17.6 Å². The Labute approximate surface area is 135 Å². The number of benzene rings is 2. The predicted octanol–water partition coefficient (Wildman–Crippen LogP) is 2.81. The molecule has 0 radical (unpaired) electrons. The molecule has 2 N–H and O–H groups in total. The molecule has 0 spiro atoms. The molecule has 116 valence electrons. The van der Waals surface area contributed by atoms with E-state index in [2.05, 4.69) is 11.4 Å². The normalized spacial score (nSPS) is 11.8. The highest BCUT2D eigenvalue weighted by atomic mass is 16.3. The first-order valence-electron chi connectivity index (χ1n) is 7.38. The Kier molecular flexibility index (Phi) is 6.10. The van der Waals surface area contributed by atoms with E-state index in [1.165, 1.54) is 6.08 Å². The van der Waals surface area contributed by atoms with Crippen molar-refractivity contribution in [1.29, 1.82) is 5.26 Å². The van der Waals surface area contributed by atoms with Crippen LogP contribution in [0.1, 0.15) is 29.2 Å². The maximum absolute atomic E-state index is 11.7. The number of aliphatic hydroxyl groups is 1. The summed E-state index contributed by atoms with van der Waals surface area (Å²) in [5, 5.41) is 21.6. The zero-order valence-electron chi connectivity index (χ0n) is 12.6. The molecular formula is C19H18N2O2. The van der Waals surface area contributed by atoms with E-state index in [-0.39, 0.29) is 5.91 Å². The summed E-state index contributed by atoms with van der Waals surface area (Å²) in [6.07, 6.45) is 2.94. The van der Waals surface area contributed by atoms with Crippen molar-refractivity contribution in [3.8, 4) is 6.07 Å². The number of hydrogen-bond donors (Lipinski definition) is 2. The second kappa shape index (κ2) is 8.52. The van der Waals surface area contributed by atoms with Gasteiger partial charge in [-0.1, -0.05) is 42.5 Å². The van der Waals surface area contributed by atoms with Crippen molar-refractivity contribution in [3.63, 3.8) is 0 Å². The summed E-state index contributed by atoms with van der Waals surface area (Å²) in [5.41, 5.74) is 2.19. The van der Waals surface area contributed by atoms with Gasteiger partial charge in [-0.2, -0.15) is 5.26 Å². The molecule has 1 amide bonds. The maximum Gasteiger partial charge on any atom is 0.244 e. The van der Waals surface area contributed by atoms with Crippen molar-refractivity contribution >= 4 is 12.0 Å². The molecule has 1 unspecified atom stereocenters. The highest BCUT2D eigenvalue weighted by Crippen LogP contribution is 2.14. The fourth-order valence-corrected chi connectivity index (χ4v) is 2.12. The summed E-state index contributed by atoms with van der Waals surface area (Å²) in [4.78, 5) is 11.7. The highest BCUT2D eigenvalue weighted by Gasteiger charge is 2.06. The smallest absolute Gasteiger partial charge is 0.244 e. The topological polar surface area (TPSA) is 73.1 Å². The van der Waals surface area contributed by atoms with Gasteiger partial charge in [-0.05, 0) is 35.8 Å². The number of amides is 1. The van der Waals surface area contributed by atoms with E-state index >= 15 is 0 Å². The Bertz CT molecular complexity index is 718. The third-order valence-electron chi connectivity index (χ3n) is 3.34. The van der Waals surface area contributed by atoms with E-state index in [0.717, 1.165) is 11.1 Å². The molecule has 2 aromatic carbocycles. The van der Waals surface area contributed by atoms with Gasteiger partial charge in [0.2, 0.25) is 5.91 Å². The third kappa shape index (κ3) is 5.42. The van der Waals surface area contributed by atoms with Gasteiger partial charge in [0.15, 0.2) is 0 Å². The molecule has 2 aromatic rings. The van der Waals surface area contributed by atoms with Gasteiger partial charge in [0.1, 0.15) is 0 Å². The Morgan fingerprint density at radius 1 is 1.22 bits per heavy atom. The lowest BCUT2D eigenvalue weighted by Crippen LogP contribution is -2.23. The lowest BCUT2D eigenvalue weighted by molar-refractivity contribution is -0.116. The van der Waals surface area contributed by atoms with E-state index in [1.807, 2.05) is 36.4 Å². The van der Waals surface area contributed by atoms with Crippen molar-refractivity contribution in [2.45, 2.75) is 12.5 Å². The van der Waals surface area contributed by atoms with Gasteiger partial charge in [-0.15, -0.1) is 0 Å². The summed E-state index contributed by atoms with van der Waals surface area (Å²) in [7, 11) is 0. The first-order valence-corrected chi connectivity index (χ1v) is 7.38. The summed E-state index contributed by atoms with van der Waals surface area (Å²) in [6.45, 7) is 0.386. The zero-order chi connectivity index (χ0) is 16.5. The van der Waals surface area contributed by atoms with Gasteiger partial charge in [-0.25, -0.2) is 0 Å². The minimum absolute atomic E-state index is 0.229. The number of aliphatic hydroxyl groups excluding tert-OH is 1. The molecule has 0 aliphatic rings. The maximum atomic E-state index is 11.7. The van der Waals surface area contributed by atoms with Crippen molar-refractivity contribution in [3.05, 3.63) is 77.4 Å². The van der Waals surface area contributed by atoms with Crippen LogP contribution in [-0.2, 0) is 4.79 Å². The molecule has 0 aliphatic heterocycles.